The lowest BCUT2D eigenvalue weighted by molar-refractivity contribution is 0.335. The Morgan fingerprint density at radius 2 is 2.24 bits per heavy atom. The van der Waals surface area contributed by atoms with Crippen LogP contribution >= 0.6 is 0 Å². The molecule has 0 amide bonds. The number of aromatic nitrogens is 4. The van der Waals surface area contributed by atoms with E-state index < -0.39 is 0 Å². The molecular formula is C11H17N5O. The van der Waals surface area contributed by atoms with Gasteiger partial charge >= 0.3 is 0 Å². The molecule has 1 atom stereocenters. The van der Waals surface area contributed by atoms with Gasteiger partial charge in [-0.1, -0.05) is 19.0 Å². The van der Waals surface area contributed by atoms with Crippen LogP contribution in [0.25, 0.3) is 11.4 Å². The van der Waals surface area contributed by atoms with E-state index in [0.717, 1.165) is 12.0 Å². The molecule has 0 aliphatic carbocycles. The van der Waals surface area contributed by atoms with Gasteiger partial charge in [-0.15, -0.1) is 0 Å². The summed E-state index contributed by atoms with van der Waals surface area (Å²) in [6.45, 7) is 4.22. The smallest absolute Gasteiger partial charge is 0.243 e. The Bertz CT molecular complexity index is 488. The average molecular weight is 235 g/mol. The van der Waals surface area contributed by atoms with Crippen molar-refractivity contribution in [2.24, 2.45) is 18.7 Å². The zero-order valence-electron chi connectivity index (χ0n) is 10.3. The van der Waals surface area contributed by atoms with Crippen LogP contribution in [-0.4, -0.2) is 19.9 Å². The van der Waals surface area contributed by atoms with Gasteiger partial charge in [-0.3, -0.25) is 4.68 Å². The van der Waals surface area contributed by atoms with Crippen molar-refractivity contribution in [1.29, 1.82) is 0 Å². The van der Waals surface area contributed by atoms with Crippen molar-refractivity contribution < 1.29 is 4.52 Å². The summed E-state index contributed by atoms with van der Waals surface area (Å²) in [6, 6.07) is -0.201. The fourth-order valence-electron chi connectivity index (χ4n) is 1.65. The van der Waals surface area contributed by atoms with Gasteiger partial charge in [0.1, 0.15) is 0 Å². The highest BCUT2D eigenvalue weighted by Crippen LogP contribution is 2.20. The third-order valence-electron chi connectivity index (χ3n) is 2.45. The molecule has 2 N–H and O–H groups in total. The molecule has 0 unspecified atom stereocenters. The number of aryl methyl sites for hydroxylation is 1. The second-order valence-corrected chi connectivity index (χ2v) is 4.59. The topological polar surface area (TPSA) is 82.8 Å². The fourth-order valence-corrected chi connectivity index (χ4v) is 1.65. The first kappa shape index (κ1) is 11.8. The molecule has 6 heteroatoms. The van der Waals surface area contributed by atoms with Crippen molar-refractivity contribution >= 4 is 0 Å². The molecule has 2 heterocycles. The standard InChI is InChI=1S/C11H17N5O/c1-7(2)4-9(12)11-14-10(15-17-11)8-5-13-16(3)6-8/h5-7,9H,4,12H2,1-3H3/t9-/m1/s1. The van der Waals surface area contributed by atoms with Gasteiger partial charge in [-0.25, -0.2) is 0 Å². The molecular weight excluding hydrogens is 218 g/mol. The summed E-state index contributed by atoms with van der Waals surface area (Å²) >= 11 is 0. The van der Waals surface area contributed by atoms with Crippen LogP contribution in [0, 0.1) is 5.92 Å². The first-order valence-corrected chi connectivity index (χ1v) is 5.64. The molecule has 92 valence electrons. The van der Waals surface area contributed by atoms with Crippen molar-refractivity contribution in [1.82, 2.24) is 19.9 Å². The Morgan fingerprint density at radius 1 is 1.47 bits per heavy atom. The first-order valence-electron chi connectivity index (χ1n) is 5.64. The van der Waals surface area contributed by atoms with Gasteiger partial charge in [0.15, 0.2) is 0 Å². The van der Waals surface area contributed by atoms with E-state index in [0.29, 0.717) is 17.6 Å². The van der Waals surface area contributed by atoms with E-state index in [9.17, 15) is 0 Å². The summed E-state index contributed by atoms with van der Waals surface area (Å²) in [5, 5.41) is 7.97. The van der Waals surface area contributed by atoms with Gasteiger partial charge in [0.25, 0.3) is 0 Å². The van der Waals surface area contributed by atoms with E-state index in [-0.39, 0.29) is 6.04 Å². The van der Waals surface area contributed by atoms with Gasteiger partial charge in [0, 0.05) is 13.2 Å². The molecule has 0 radical (unpaired) electrons. The van der Waals surface area contributed by atoms with E-state index in [1.807, 2.05) is 13.2 Å². The molecule has 0 saturated carbocycles. The van der Waals surface area contributed by atoms with Crippen LogP contribution in [0.3, 0.4) is 0 Å². The molecule has 0 aromatic carbocycles. The predicted molar refractivity (Wildman–Crippen MR) is 62.9 cm³/mol. The minimum atomic E-state index is -0.201. The molecule has 2 aromatic heterocycles. The maximum atomic E-state index is 5.98. The van der Waals surface area contributed by atoms with E-state index in [4.69, 9.17) is 10.3 Å². The zero-order chi connectivity index (χ0) is 12.4. The number of nitrogens with zero attached hydrogens (tertiary/aromatic N) is 4. The second-order valence-electron chi connectivity index (χ2n) is 4.59. The summed E-state index contributed by atoms with van der Waals surface area (Å²) in [5.41, 5.74) is 6.81. The van der Waals surface area contributed by atoms with Crippen LogP contribution in [0.1, 0.15) is 32.2 Å². The third kappa shape index (κ3) is 2.71. The van der Waals surface area contributed by atoms with Gasteiger partial charge in [0.2, 0.25) is 11.7 Å². The number of rotatable bonds is 4. The van der Waals surface area contributed by atoms with E-state index >= 15 is 0 Å². The first-order chi connectivity index (χ1) is 8.06. The molecule has 0 aliphatic heterocycles. The highest BCUT2D eigenvalue weighted by Gasteiger charge is 2.17. The quantitative estimate of drug-likeness (QED) is 0.868. The minimum absolute atomic E-state index is 0.201. The van der Waals surface area contributed by atoms with Crippen LogP contribution in [0.2, 0.25) is 0 Å². The maximum absolute atomic E-state index is 5.98. The van der Waals surface area contributed by atoms with Crippen molar-refractivity contribution in [2.45, 2.75) is 26.3 Å². The summed E-state index contributed by atoms with van der Waals surface area (Å²) in [4.78, 5) is 4.29. The third-order valence-corrected chi connectivity index (χ3v) is 2.45. The van der Waals surface area contributed by atoms with Crippen molar-refractivity contribution in [2.75, 3.05) is 0 Å². The number of nitrogens with two attached hydrogens (primary N) is 1. The lowest BCUT2D eigenvalue weighted by Crippen LogP contribution is -2.13. The average Bonchev–Trinajstić information content (AvgIpc) is 2.84. The van der Waals surface area contributed by atoms with Gasteiger partial charge in [-0.05, 0) is 12.3 Å². The molecule has 0 spiro atoms. The molecule has 17 heavy (non-hydrogen) atoms. The van der Waals surface area contributed by atoms with Crippen LogP contribution in [0.5, 0.6) is 0 Å². The molecule has 0 fully saturated rings. The maximum Gasteiger partial charge on any atom is 0.243 e. The summed E-state index contributed by atoms with van der Waals surface area (Å²) in [6.07, 6.45) is 4.36. The molecule has 0 bridgehead atoms. The lowest BCUT2D eigenvalue weighted by atomic mass is 10.0. The zero-order valence-corrected chi connectivity index (χ0v) is 10.3. The molecule has 2 aromatic rings. The Hall–Kier alpha value is -1.69. The van der Waals surface area contributed by atoms with Gasteiger partial charge < -0.3 is 10.3 Å². The van der Waals surface area contributed by atoms with Crippen LogP contribution in [0.15, 0.2) is 16.9 Å². The van der Waals surface area contributed by atoms with Crippen LogP contribution in [-0.2, 0) is 7.05 Å². The molecule has 6 nitrogen and oxygen atoms in total. The monoisotopic (exact) mass is 235 g/mol. The van der Waals surface area contributed by atoms with E-state index in [1.54, 1.807) is 10.9 Å². The van der Waals surface area contributed by atoms with Gasteiger partial charge in [0.05, 0.1) is 17.8 Å². The Labute approximate surface area is 99.8 Å². The van der Waals surface area contributed by atoms with Gasteiger partial charge in [-0.2, -0.15) is 10.1 Å². The Kier molecular flexibility index (Phi) is 3.23. The SMILES string of the molecule is CC(C)C[C@@H](N)c1nc(-c2cnn(C)c2)no1. The van der Waals surface area contributed by atoms with Crippen LogP contribution in [0.4, 0.5) is 0 Å². The molecule has 0 aliphatic rings. The Morgan fingerprint density at radius 3 is 2.82 bits per heavy atom. The summed E-state index contributed by atoms with van der Waals surface area (Å²) in [5.74, 6) is 1.52. The van der Waals surface area contributed by atoms with Crippen LogP contribution < -0.4 is 5.73 Å². The predicted octanol–water partition coefficient (Wildman–Crippen LogP) is 1.52. The lowest BCUT2D eigenvalue weighted by Gasteiger charge is -2.08. The summed E-state index contributed by atoms with van der Waals surface area (Å²) < 4.78 is 6.86. The minimum Gasteiger partial charge on any atom is -0.337 e. The number of hydrogen-bond acceptors (Lipinski definition) is 5. The summed E-state index contributed by atoms with van der Waals surface area (Å²) in [7, 11) is 1.84. The van der Waals surface area contributed by atoms with Crippen molar-refractivity contribution in [3.05, 3.63) is 18.3 Å². The Balaban J connectivity index is 2.15. The second kappa shape index (κ2) is 4.67. The molecule has 0 saturated heterocycles. The van der Waals surface area contributed by atoms with Crippen molar-refractivity contribution in [3.63, 3.8) is 0 Å². The highest BCUT2D eigenvalue weighted by molar-refractivity contribution is 5.51. The molecule has 2 rings (SSSR count). The number of hydrogen-bond donors (Lipinski definition) is 1. The highest BCUT2D eigenvalue weighted by atomic mass is 16.5. The van der Waals surface area contributed by atoms with E-state index in [1.165, 1.54) is 0 Å². The largest absolute Gasteiger partial charge is 0.337 e. The normalized spacial score (nSPS) is 13.2. The van der Waals surface area contributed by atoms with E-state index in [2.05, 4.69) is 29.1 Å². The fraction of sp³-hybridized carbons (Fsp3) is 0.545. The van der Waals surface area contributed by atoms with Crippen molar-refractivity contribution in [3.8, 4) is 11.4 Å².